The second kappa shape index (κ2) is 19.5. The first-order valence-electron chi connectivity index (χ1n) is 10.8. The zero-order chi connectivity index (χ0) is 18.6. The summed E-state index contributed by atoms with van der Waals surface area (Å²) in [6.07, 6.45) is 23.7. The van der Waals surface area contributed by atoms with Crippen LogP contribution in [-0.2, 0) is 4.79 Å². The molecule has 3 heteroatoms. The molecule has 0 bridgehead atoms. The van der Waals surface area contributed by atoms with Crippen LogP contribution in [0.2, 0.25) is 0 Å². The number of unbranched alkanes of at least 4 members (excludes halogenated alkanes) is 12. The van der Waals surface area contributed by atoms with E-state index in [2.05, 4.69) is 24.4 Å². The number of carbonyl (C=O) groups is 1. The maximum Gasteiger partial charge on any atom is 0.320 e. The quantitative estimate of drug-likeness (QED) is 0.206. The molecule has 0 aromatic rings. The van der Waals surface area contributed by atoms with Crippen molar-refractivity contribution < 1.29 is 9.90 Å². The van der Waals surface area contributed by atoms with Gasteiger partial charge in [0.1, 0.15) is 6.04 Å². The van der Waals surface area contributed by atoms with E-state index in [4.69, 9.17) is 5.11 Å². The minimum Gasteiger partial charge on any atom is -0.480 e. The van der Waals surface area contributed by atoms with Crippen molar-refractivity contribution in [2.24, 2.45) is 0 Å². The van der Waals surface area contributed by atoms with Crippen molar-refractivity contribution in [3.63, 3.8) is 0 Å². The van der Waals surface area contributed by atoms with Gasteiger partial charge in [0, 0.05) is 0 Å². The van der Waals surface area contributed by atoms with Crippen LogP contribution in [0.1, 0.15) is 110 Å². The highest BCUT2D eigenvalue weighted by atomic mass is 16.4. The Labute approximate surface area is 156 Å². The standard InChI is InChI=1S/C22H43NO2/c1-3-5-6-7-8-9-10-11-12-13-14-15-16-17-18-19-20-23-21(4-2)22(24)25/h11-12,21,23H,3-10,13-20H2,1-2H3,(H,24,25)/b12-11-. The average Bonchev–Trinajstić information content (AvgIpc) is 2.60. The highest BCUT2D eigenvalue weighted by molar-refractivity contribution is 5.73. The van der Waals surface area contributed by atoms with Gasteiger partial charge in [0.25, 0.3) is 0 Å². The van der Waals surface area contributed by atoms with E-state index >= 15 is 0 Å². The van der Waals surface area contributed by atoms with Gasteiger partial charge in [-0.3, -0.25) is 4.79 Å². The maximum absolute atomic E-state index is 10.9. The SMILES string of the molecule is CCCCCCCC/C=C\CCCCCCCCNC(CC)C(=O)O. The molecular formula is C22H43NO2. The smallest absolute Gasteiger partial charge is 0.320 e. The van der Waals surface area contributed by atoms with E-state index < -0.39 is 5.97 Å². The molecule has 1 atom stereocenters. The molecule has 25 heavy (non-hydrogen) atoms. The molecule has 0 aliphatic rings. The molecular weight excluding hydrogens is 310 g/mol. The first-order chi connectivity index (χ1) is 12.2. The van der Waals surface area contributed by atoms with Crippen LogP contribution in [0.15, 0.2) is 12.2 Å². The third kappa shape index (κ3) is 17.8. The Morgan fingerprint density at radius 3 is 1.76 bits per heavy atom. The molecule has 148 valence electrons. The monoisotopic (exact) mass is 353 g/mol. The first-order valence-corrected chi connectivity index (χ1v) is 10.8. The van der Waals surface area contributed by atoms with Crippen molar-refractivity contribution in [2.75, 3.05) is 6.54 Å². The topological polar surface area (TPSA) is 49.3 Å². The van der Waals surface area contributed by atoms with Crippen LogP contribution in [0, 0.1) is 0 Å². The van der Waals surface area contributed by atoms with Crippen LogP contribution in [0.25, 0.3) is 0 Å². The summed E-state index contributed by atoms with van der Waals surface area (Å²) in [5.74, 6) is -0.730. The fourth-order valence-electron chi connectivity index (χ4n) is 3.06. The van der Waals surface area contributed by atoms with E-state index in [9.17, 15) is 4.79 Å². The van der Waals surface area contributed by atoms with Crippen LogP contribution in [0.4, 0.5) is 0 Å². The minimum atomic E-state index is -0.730. The fraction of sp³-hybridized carbons (Fsp3) is 0.864. The van der Waals surface area contributed by atoms with Crippen LogP contribution < -0.4 is 5.32 Å². The molecule has 0 aliphatic carbocycles. The van der Waals surface area contributed by atoms with E-state index in [1.54, 1.807) is 0 Å². The average molecular weight is 354 g/mol. The zero-order valence-electron chi connectivity index (χ0n) is 16.9. The summed E-state index contributed by atoms with van der Waals surface area (Å²) in [6, 6.07) is -0.372. The number of nitrogens with one attached hydrogen (secondary N) is 1. The van der Waals surface area contributed by atoms with E-state index in [1.165, 1.54) is 83.5 Å². The van der Waals surface area contributed by atoms with Gasteiger partial charge >= 0.3 is 5.97 Å². The van der Waals surface area contributed by atoms with Gasteiger partial charge < -0.3 is 10.4 Å². The molecule has 0 radical (unpaired) electrons. The van der Waals surface area contributed by atoms with Gasteiger partial charge in [-0.1, -0.05) is 83.8 Å². The van der Waals surface area contributed by atoms with Gasteiger partial charge in [-0.15, -0.1) is 0 Å². The van der Waals surface area contributed by atoms with Crippen LogP contribution >= 0.6 is 0 Å². The predicted octanol–water partition coefficient (Wildman–Crippen LogP) is 6.48. The van der Waals surface area contributed by atoms with Crippen LogP contribution in [0.5, 0.6) is 0 Å². The van der Waals surface area contributed by atoms with E-state index in [0.717, 1.165) is 13.0 Å². The van der Waals surface area contributed by atoms with Crippen molar-refractivity contribution >= 4 is 5.97 Å². The summed E-state index contributed by atoms with van der Waals surface area (Å²) in [5.41, 5.74) is 0. The molecule has 2 N–H and O–H groups in total. The lowest BCUT2D eigenvalue weighted by molar-refractivity contribution is -0.139. The van der Waals surface area contributed by atoms with E-state index in [-0.39, 0.29) is 6.04 Å². The Morgan fingerprint density at radius 1 is 0.800 bits per heavy atom. The van der Waals surface area contributed by atoms with Gasteiger partial charge in [-0.25, -0.2) is 0 Å². The summed E-state index contributed by atoms with van der Waals surface area (Å²) < 4.78 is 0. The van der Waals surface area contributed by atoms with Crippen LogP contribution in [-0.4, -0.2) is 23.7 Å². The molecule has 0 amide bonds. The number of allylic oxidation sites excluding steroid dienone is 2. The zero-order valence-corrected chi connectivity index (χ0v) is 16.9. The summed E-state index contributed by atoms with van der Waals surface area (Å²) in [6.45, 7) is 5.00. The second-order valence-corrected chi connectivity index (χ2v) is 7.19. The largest absolute Gasteiger partial charge is 0.480 e. The van der Waals surface area contributed by atoms with Gasteiger partial charge in [0.05, 0.1) is 0 Å². The van der Waals surface area contributed by atoms with Crippen molar-refractivity contribution in [1.82, 2.24) is 5.32 Å². The van der Waals surface area contributed by atoms with Crippen molar-refractivity contribution in [3.05, 3.63) is 12.2 Å². The first kappa shape index (κ1) is 24.2. The highest BCUT2D eigenvalue weighted by Crippen LogP contribution is 2.09. The number of hydrogen-bond donors (Lipinski definition) is 2. The number of rotatable bonds is 19. The van der Waals surface area contributed by atoms with E-state index in [0.29, 0.717) is 6.42 Å². The summed E-state index contributed by atoms with van der Waals surface area (Å²) in [5, 5.41) is 12.0. The predicted molar refractivity (Wildman–Crippen MR) is 109 cm³/mol. The van der Waals surface area contributed by atoms with Gasteiger partial charge in [0.15, 0.2) is 0 Å². The normalized spacial score (nSPS) is 12.7. The number of carboxylic acid groups (broad SMARTS) is 1. The summed E-state index contributed by atoms with van der Waals surface area (Å²) >= 11 is 0. The molecule has 0 aromatic heterocycles. The molecule has 3 nitrogen and oxygen atoms in total. The van der Waals surface area contributed by atoms with Crippen molar-refractivity contribution in [1.29, 1.82) is 0 Å². The number of carboxylic acids is 1. The Kier molecular flexibility index (Phi) is 18.8. The molecule has 0 saturated heterocycles. The van der Waals surface area contributed by atoms with Crippen LogP contribution in [0.3, 0.4) is 0 Å². The highest BCUT2D eigenvalue weighted by Gasteiger charge is 2.12. The summed E-state index contributed by atoms with van der Waals surface area (Å²) in [7, 11) is 0. The lowest BCUT2D eigenvalue weighted by Gasteiger charge is -2.11. The fourth-order valence-corrected chi connectivity index (χ4v) is 3.06. The summed E-state index contributed by atoms with van der Waals surface area (Å²) in [4.78, 5) is 10.9. The third-order valence-corrected chi connectivity index (χ3v) is 4.79. The van der Waals surface area contributed by atoms with E-state index in [1.807, 2.05) is 6.92 Å². The van der Waals surface area contributed by atoms with Gasteiger partial charge in [-0.05, 0) is 45.1 Å². The number of hydrogen-bond acceptors (Lipinski definition) is 2. The molecule has 0 spiro atoms. The van der Waals surface area contributed by atoms with Gasteiger partial charge in [0.2, 0.25) is 0 Å². The number of aliphatic carboxylic acids is 1. The van der Waals surface area contributed by atoms with Crippen molar-refractivity contribution in [3.8, 4) is 0 Å². The molecule has 0 rings (SSSR count). The Morgan fingerprint density at radius 2 is 1.28 bits per heavy atom. The minimum absolute atomic E-state index is 0.372. The molecule has 0 fully saturated rings. The Hall–Kier alpha value is -0.830. The molecule has 0 saturated carbocycles. The molecule has 0 heterocycles. The lowest BCUT2D eigenvalue weighted by Crippen LogP contribution is -2.36. The molecule has 0 aliphatic heterocycles. The van der Waals surface area contributed by atoms with Crippen molar-refractivity contribution in [2.45, 2.75) is 116 Å². The Balaban J connectivity index is 3.20. The Bertz CT molecular complexity index is 315. The maximum atomic E-state index is 10.9. The lowest BCUT2D eigenvalue weighted by atomic mass is 10.1. The molecule has 1 unspecified atom stereocenters. The van der Waals surface area contributed by atoms with Gasteiger partial charge in [-0.2, -0.15) is 0 Å². The molecule has 0 aromatic carbocycles. The third-order valence-electron chi connectivity index (χ3n) is 4.79. The second-order valence-electron chi connectivity index (χ2n) is 7.19.